The van der Waals surface area contributed by atoms with Crippen LogP contribution >= 0.6 is 0 Å². The van der Waals surface area contributed by atoms with Crippen LogP contribution < -0.4 is 9.80 Å². The molecule has 0 bridgehead atoms. The first-order chi connectivity index (χ1) is 8.66. The SMILES string of the molecule is CC(O)CN(C)c1cc(N2CCOCC2)ncn1. The summed E-state index contributed by atoms with van der Waals surface area (Å²) in [6.07, 6.45) is 1.19. The Labute approximate surface area is 107 Å². The van der Waals surface area contributed by atoms with Gasteiger partial charge in [-0.25, -0.2) is 9.97 Å². The predicted molar refractivity (Wildman–Crippen MR) is 70.0 cm³/mol. The summed E-state index contributed by atoms with van der Waals surface area (Å²) in [6.45, 7) is 5.51. The van der Waals surface area contributed by atoms with Gasteiger partial charge in [0.05, 0.1) is 19.3 Å². The van der Waals surface area contributed by atoms with E-state index in [-0.39, 0.29) is 6.10 Å². The zero-order chi connectivity index (χ0) is 13.0. The summed E-state index contributed by atoms with van der Waals surface area (Å²) in [6, 6.07) is 1.95. The zero-order valence-corrected chi connectivity index (χ0v) is 10.9. The molecule has 1 unspecified atom stereocenters. The van der Waals surface area contributed by atoms with E-state index in [4.69, 9.17) is 4.74 Å². The summed E-state index contributed by atoms with van der Waals surface area (Å²) in [5.74, 6) is 1.74. The molecule has 0 amide bonds. The second-order valence-corrected chi connectivity index (χ2v) is 4.56. The van der Waals surface area contributed by atoms with Gasteiger partial charge in [0.2, 0.25) is 0 Å². The van der Waals surface area contributed by atoms with Crippen molar-refractivity contribution in [3.05, 3.63) is 12.4 Å². The average Bonchev–Trinajstić information content (AvgIpc) is 2.39. The highest BCUT2D eigenvalue weighted by Gasteiger charge is 2.14. The number of hydrogen-bond donors (Lipinski definition) is 1. The molecule has 1 atom stereocenters. The fourth-order valence-electron chi connectivity index (χ4n) is 2.00. The number of likely N-dealkylation sites (N-methyl/N-ethyl adjacent to an activating group) is 1. The lowest BCUT2D eigenvalue weighted by Gasteiger charge is -2.28. The number of aromatic nitrogens is 2. The minimum atomic E-state index is -0.378. The van der Waals surface area contributed by atoms with E-state index < -0.39 is 0 Å². The van der Waals surface area contributed by atoms with Crippen LogP contribution in [0.5, 0.6) is 0 Å². The number of aliphatic hydroxyl groups excluding tert-OH is 1. The van der Waals surface area contributed by atoms with Gasteiger partial charge in [0.1, 0.15) is 18.0 Å². The second kappa shape index (κ2) is 5.97. The van der Waals surface area contributed by atoms with Crippen molar-refractivity contribution in [1.82, 2.24) is 9.97 Å². The van der Waals surface area contributed by atoms with E-state index in [1.54, 1.807) is 13.3 Å². The van der Waals surface area contributed by atoms with E-state index in [2.05, 4.69) is 14.9 Å². The number of rotatable bonds is 4. The van der Waals surface area contributed by atoms with Gasteiger partial charge in [-0.2, -0.15) is 0 Å². The molecular formula is C12H20N4O2. The highest BCUT2D eigenvalue weighted by Crippen LogP contribution is 2.17. The van der Waals surface area contributed by atoms with Crippen molar-refractivity contribution in [3.8, 4) is 0 Å². The van der Waals surface area contributed by atoms with Crippen LogP contribution in [-0.4, -0.2) is 61.1 Å². The molecule has 0 aromatic carbocycles. The molecule has 6 heteroatoms. The first kappa shape index (κ1) is 13.0. The summed E-state index contributed by atoms with van der Waals surface area (Å²) in [5, 5.41) is 9.39. The van der Waals surface area contributed by atoms with Gasteiger partial charge in [-0.05, 0) is 6.92 Å². The van der Waals surface area contributed by atoms with E-state index in [0.717, 1.165) is 37.9 Å². The quantitative estimate of drug-likeness (QED) is 0.822. The lowest BCUT2D eigenvalue weighted by Crippen LogP contribution is -2.37. The summed E-state index contributed by atoms with van der Waals surface area (Å²) in [7, 11) is 1.91. The predicted octanol–water partition coefficient (Wildman–Crippen LogP) is 0.130. The number of ether oxygens (including phenoxy) is 1. The van der Waals surface area contributed by atoms with Crippen LogP contribution in [0.4, 0.5) is 11.6 Å². The zero-order valence-electron chi connectivity index (χ0n) is 10.9. The molecule has 1 saturated heterocycles. The van der Waals surface area contributed by atoms with Crippen LogP contribution in [-0.2, 0) is 4.74 Å². The Hall–Kier alpha value is -1.40. The first-order valence-corrected chi connectivity index (χ1v) is 6.21. The summed E-state index contributed by atoms with van der Waals surface area (Å²) < 4.78 is 5.32. The van der Waals surface area contributed by atoms with E-state index >= 15 is 0 Å². The van der Waals surface area contributed by atoms with E-state index in [9.17, 15) is 5.11 Å². The van der Waals surface area contributed by atoms with Gasteiger partial charge in [-0.3, -0.25) is 0 Å². The van der Waals surface area contributed by atoms with Crippen molar-refractivity contribution in [2.45, 2.75) is 13.0 Å². The number of nitrogens with zero attached hydrogens (tertiary/aromatic N) is 4. The van der Waals surface area contributed by atoms with Crippen LogP contribution in [0.15, 0.2) is 12.4 Å². The van der Waals surface area contributed by atoms with E-state index in [1.165, 1.54) is 0 Å². The van der Waals surface area contributed by atoms with Gasteiger partial charge in [-0.1, -0.05) is 0 Å². The number of hydrogen-bond acceptors (Lipinski definition) is 6. The van der Waals surface area contributed by atoms with Crippen molar-refractivity contribution in [1.29, 1.82) is 0 Å². The normalized spacial score (nSPS) is 17.6. The minimum absolute atomic E-state index is 0.378. The monoisotopic (exact) mass is 252 g/mol. The maximum Gasteiger partial charge on any atom is 0.134 e. The van der Waals surface area contributed by atoms with Gasteiger partial charge in [0.15, 0.2) is 0 Å². The maximum atomic E-state index is 9.39. The van der Waals surface area contributed by atoms with Crippen LogP contribution in [0.25, 0.3) is 0 Å². The van der Waals surface area contributed by atoms with Crippen LogP contribution in [0.1, 0.15) is 6.92 Å². The number of aliphatic hydroxyl groups is 1. The Morgan fingerprint density at radius 2 is 2.17 bits per heavy atom. The van der Waals surface area contributed by atoms with Crippen molar-refractivity contribution in [2.24, 2.45) is 0 Å². The van der Waals surface area contributed by atoms with Crippen molar-refractivity contribution >= 4 is 11.6 Å². The fourth-order valence-corrected chi connectivity index (χ4v) is 2.00. The molecule has 2 heterocycles. The van der Waals surface area contributed by atoms with Crippen LogP contribution in [0, 0.1) is 0 Å². The largest absolute Gasteiger partial charge is 0.392 e. The minimum Gasteiger partial charge on any atom is -0.392 e. The van der Waals surface area contributed by atoms with Gasteiger partial charge < -0.3 is 19.6 Å². The van der Waals surface area contributed by atoms with Gasteiger partial charge in [0.25, 0.3) is 0 Å². The molecule has 0 radical (unpaired) electrons. The fraction of sp³-hybridized carbons (Fsp3) is 0.667. The topological polar surface area (TPSA) is 61.7 Å². The molecule has 0 aliphatic carbocycles. The highest BCUT2D eigenvalue weighted by molar-refractivity contribution is 5.49. The smallest absolute Gasteiger partial charge is 0.134 e. The Morgan fingerprint density at radius 3 is 2.83 bits per heavy atom. The van der Waals surface area contributed by atoms with Crippen molar-refractivity contribution in [2.75, 3.05) is 49.7 Å². The molecular weight excluding hydrogens is 232 g/mol. The third-order valence-electron chi connectivity index (χ3n) is 2.90. The molecule has 0 spiro atoms. The Morgan fingerprint density at radius 1 is 1.44 bits per heavy atom. The lowest BCUT2D eigenvalue weighted by atomic mass is 10.3. The molecule has 1 N–H and O–H groups in total. The summed E-state index contributed by atoms with van der Waals surface area (Å²) in [5.41, 5.74) is 0. The standard InChI is InChI=1S/C12H20N4O2/c1-10(17)8-15(2)11-7-12(14-9-13-11)16-3-5-18-6-4-16/h7,9-10,17H,3-6,8H2,1-2H3. The molecule has 1 aliphatic heterocycles. The Kier molecular flexibility index (Phi) is 4.33. The summed E-state index contributed by atoms with van der Waals surface area (Å²) >= 11 is 0. The van der Waals surface area contributed by atoms with Crippen molar-refractivity contribution in [3.63, 3.8) is 0 Å². The lowest BCUT2D eigenvalue weighted by molar-refractivity contribution is 0.122. The van der Waals surface area contributed by atoms with Crippen molar-refractivity contribution < 1.29 is 9.84 Å². The maximum absolute atomic E-state index is 9.39. The third-order valence-corrected chi connectivity index (χ3v) is 2.90. The molecule has 2 rings (SSSR count). The Balaban J connectivity index is 2.08. The number of morpholine rings is 1. The third kappa shape index (κ3) is 3.30. The molecule has 18 heavy (non-hydrogen) atoms. The molecule has 1 aromatic heterocycles. The highest BCUT2D eigenvalue weighted by atomic mass is 16.5. The van der Waals surface area contributed by atoms with Crippen LogP contribution in [0.3, 0.4) is 0 Å². The van der Waals surface area contributed by atoms with Gasteiger partial charge in [-0.15, -0.1) is 0 Å². The second-order valence-electron chi connectivity index (χ2n) is 4.56. The number of anilines is 2. The van der Waals surface area contributed by atoms with Crippen LogP contribution in [0.2, 0.25) is 0 Å². The average molecular weight is 252 g/mol. The Bertz CT molecular complexity index is 380. The first-order valence-electron chi connectivity index (χ1n) is 6.21. The molecule has 1 aliphatic rings. The molecule has 1 fully saturated rings. The van der Waals surface area contributed by atoms with E-state index in [1.807, 2.05) is 18.0 Å². The molecule has 1 aromatic rings. The summed E-state index contributed by atoms with van der Waals surface area (Å²) in [4.78, 5) is 12.6. The molecule has 6 nitrogen and oxygen atoms in total. The van der Waals surface area contributed by atoms with E-state index in [0.29, 0.717) is 6.54 Å². The van der Waals surface area contributed by atoms with Gasteiger partial charge in [0, 0.05) is 32.7 Å². The molecule has 100 valence electrons. The van der Waals surface area contributed by atoms with Gasteiger partial charge >= 0.3 is 0 Å². The molecule has 0 saturated carbocycles.